The van der Waals surface area contributed by atoms with Gasteiger partial charge in [-0.3, -0.25) is 14.6 Å². The van der Waals surface area contributed by atoms with E-state index in [-0.39, 0.29) is 35.1 Å². The van der Waals surface area contributed by atoms with Crippen molar-refractivity contribution >= 4 is 23.4 Å². The largest absolute Gasteiger partial charge is 0.460 e. The Bertz CT molecular complexity index is 1390. The molecule has 1 saturated carbocycles. The first kappa shape index (κ1) is 31.4. The van der Waals surface area contributed by atoms with Crippen LogP contribution >= 0.6 is 11.6 Å². The van der Waals surface area contributed by atoms with Crippen LogP contribution in [0.25, 0.3) is 0 Å². The van der Waals surface area contributed by atoms with E-state index in [1.54, 1.807) is 12.1 Å². The molecule has 2 aromatic carbocycles. The van der Waals surface area contributed by atoms with Crippen LogP contribution in [0.4, 0.5) is 10.2 Å². The number of halogens is 2. The van der Waals surface area contributed by atoms with Crippen molar-refractivity contribution in [2.45, 2.75) is 60.9 Å². The molecule has 2 fully saturated rings. The van der Waals surface area contributed by atoms with E-state index < -0.39 is 0 Å². The summed E-state index contributed by atoms with van der Waals surface area (Å²) in [5.41, 5.74) is 3.90. The summed E-state index contributed by atoms with van der Waals surface area (Å²) in [6.45, 7) is 17.3. The van der Waals surface area contributed by atoms with Crippen molar-refractivity contribution in [3.8, 4) is 0 Å². The number of benzene rings is 2. The molecule has 8 heteroatoms. The highest BCUT2D eigenvalue weighted by Crippen LogP contribution is 2.68. The minimum absolute atomic E-state index is 0.0355. The second-order valence-electron chi connectivity index (χ2n) is 13.1. The van der Waals surface area contributed by atoms with Crippen LogP contribution < -0.4 is 4.90 Å². The summed E-state index contributed by atoms with van der Waals surface area (Å²) in [5, 5.41) is 0.471. The van der Waals surface area contributed by atoms with Gasteiger partial charge >= 0.3 is 5.97 Å². The fourth-order valence-corrected chi connectivity index (χ4v) is 6.64. The van der Waals surface area contributed by atoms with Gasteiger partial charge in [-0.1, -0.05) is 82.6 Å². The second-order valence-corrected chi connectivity index (χ2v) is 13.5. The molecule has 1 aliphatic heterocycles. The molecule has 1 aliphatic carbocycles. The van der Waals surface area contributed by atoms with Gasteiger partial charge in [-0.25, -0.2) is 9.37 Å². The van der Waals surface area contributed by atoms with E-state index in [0.29, 0.717) is 17.1 Å². The quantitative estimate of drug-likeness (QED) is 0.220. The van der Waals surface area contributed by atoms with E-state index in [0.717, 1.165) is 57.2 Å². The third kappa shape index (κ3) is 6.89. The number of carbonyl (C=O) groups excluding carboxylic acids is 1. The number of rotatable bonds is 11. The lowest BCUT2D eigenvalue weighted by Crippen LogP contribution is -2.46. The van der Waals surface area contributed by atoms with Crippen LogP contribution in [0.2, 0.25) is 5.02 Å². The zero-order valence-electron chi connectivity index (χ0n) is 26.1. The lowest BCUT2D eigenvalue weighted by atomic mass is 10.0. The number of anilines is 1. The van der Waals surface area contributed by atoms with E-state index in [4.69, 9.17) is 16.3 Å². The Balaban J connectivity index is 1.11. The zero-order chi connectivity index (χ0) is 30.8. The molecule has 0 radical (unpaired) electrons. The van der Waals surface area contributed by atoms with Crippen molar-refractivity contribution in [2.75, 3.05) is 37.6 Å². The average molecular weight is 607 g/mol. The first-order valence-corrected chi connectivity index (χ1v) is 15.7. The van der Waals surface area contributed by atoms with Gasteiger partial charge in [0.15, 0.2) is 0 Å². The van der Waals surface area contributed by atoms with Crippen LogP contribution in [-0.4, -0.2) is 53.5 Å². The summed E-state index contributed by atoms with van der Waals surface area (Å²) in [4.78, 5) is 24.4. The number of ether oxygens (including phenoxy) is 1. The minimum atomic E-state index is -0.258. The molecule has 1 aromatic heterocycles. The Hall–Kier alpha value is -3.00. The monoisotopic (exact) mass is 606 g/mol. The van der Waals surface area contributed by atoms with Crippen LogP contribution in [0.15, 0.2) is 60.8 Å². The van der Waals surface area contributed by atoms with E-state index in [1.165, 1.54) is 17.2 Å². The molecule has 0 unspecified atom stereocenters. The highest BCUT2D eigenvalue weighted by Gasteiger charge is 2.69. The van der Waals surface area contributed by atoms with Gasteiger partial charge in [0.2, 0.25) is 0 Å². The summed E-state index contributed by atoms with van der Waals surface area (Å²) in [5.74, 6) is 0.468. The van der Waals surface area contributed by atoms with Gasteiger partial charge in [-0.2, -0.15) is 0 Å². The summed E-state index contributed by atoms with van der Waals surface area (Å²) < 4.78 is 20.1. The van der Waals surface area contributed by atoms with Crippen molar-refractivity contribution in [2.24, 2.45) is 16.7 Å². The number of aromatic nitrogens is 1. The molecule has 0 bridgehead atoms. The number of hydrogen-bond donors (Lipinski definition) is 0. The van der Waals surface area contributed by atoms with Crippen LogP contribution in [0, 0.1) is 22.6 Å². The maximum Gasteiger partial charge on any atom is 0.310 e. The van der Waals surface area contributed by atoms with Gasteiger partial charge < -0.3 is 9.64 Å². The molecule has 0 atom stereocenters. The third-order valence-corrected chi connectivity index (χ3v) is 10.2. The van der Waals surface area contributed by atoms with Crippen molar-refractivity contribution in [1.29, 1.82) is 0 Å². The lowest BCUT2D eigenvalue weighted by Gasteiger charge is -2.36. The van der Waals surface area contributed by atoms with E-state index in [1.807, 2.05) is 18.3 Å². The van der Waals surface area contributed by atoms with Crippen LogP contribution in [-0.2, 0) is 35.8 Å². The van der Waals surface area contributed by atoms with Crippen molar-refractivity contribution in [3.05, 3.63) is 93.9 Å². The molecule has 230 valence electrons. The summed E-state index contributed by atoms with van der Waals surface area (Å²) >= 11 is 6.26. The summed E-state index contributed by atoms with van der Waals surface area (Å²) in [7, 11) is 0. The van der Waals surface area contributed by atoms with Gasteiger partial charge in [0, 0.05) is 68.2 Å². The molecule has 2 aliphatic rings. The second kappa shape index (κ2) is 12.9. The first-order valence-electron chi connectivity index (χ1n) is 15.3. The van der Waals surface area contributed by atoms with Crippen molar-refractivity contribution < 1.29 is 13.9 Å². The predicted octanol–water partition coefficient (Wildman–Crippen LogP) is 6.94. The number of piperazine rings is 1. The van der Waals surface area contributed by atoms with Gasteiger partial charge in [0.25, 0.3) is 0 Å². The standard InChI is InChI=1S/C35H44ClFN4O2/c1-6-39(23-28-29(36)10-7-11-30(28)37)21-25-12-14-26(15-13-25)22-40-17-19-41(20-18-40)32-27(9-8-16-38-32)24-43-33(42)31-34(2,3)35(31,4)5/h7-16,31H,6,17-24H2,1-5H3. The highest BCUT2D eigenvalue weighted by molar-refractivity contribution is 6.31. The molecule has 3 aromatic rings. The molecule has 0 spiro atoms. The van der Waals surface area contributed by atoms with E-state index in [2.05, 4.69) is 78.6 Å². The van der Waals surface area contributed by atoms with Gasteiger partial charge in [-0.15, -0.1) is 0 Å². The topological polar surface area (TPSA) is 48.9 Å². The third-order valence-electron chi connectivity index (χ3n) is 9.89. The van der Waals surface area contributed by atoms with Crippen LogP contribution in [0.1, 0.15) is 56.9 Å². The van der Waals surface area contributed by atoms with Gasteiger partial charge in [0.05, 0.1) is 5.92 Å². The highest BCUT2D eigenvalue weighted by atomic mass is 35.5. The number of carbonyl (C=O) groups is 1. The fourth-order valence-electron chi connectivity index (χ4n) is 6.42. The van der Waals surface area contributed by atoms with E-state index >= 15 is 0 Å². The van der Waals surface area contributed by atoms with Crippen molar-refractivity contribution in [1.82, 2.24) is 14.8 Å². The number of hydrogen-bond acceptors (Lipinski definition) is 6. The van der Waals surface area contributed by atoms with Gasteiger partial charge in [0.1, 0.15) is 18.2 Å². The number of esters is 1. The molecule has 6 nitrogen and oxygen atoms in total. The van der Waals surface area contributed by atoms with E-state index in [9.17, 15) is 9.18 Å². The predicted molar refractivity (Wildman–Crippen MR) is 170 cm³/mol. The average Bonchev–Trinajstić information content (AvgIpc) is 3.41. The Morgan fingerprint density at radius 1 is 0.977 bits per heavy atom. The normalized spacial score (nSPS) is 18.2. The molecular weight excluding hydrogens is 563 g/mol. The van der Waals surface area contributed by atoms with Crippen LogP contribution in [0.5, 0.6) is 0 Å². The lowest BCUT2D eigenvalue weighted by molar-refractivity contribution is -0.148. The Morgan fingerprint density at radius 3 is 2.28 bits per heavy atom. The molecule has 0 N–H and O–H groups in total. The zero-order valence-corrected chi connectivity index (χ0v) is 26.8. The van der Waals surface area contributed by atoms with Gasteiger partial charge in [-0.05, 0) is 46.7 Å². The Morgan fingerprint density at radius 2 is 1.65 bits per heavy atom. The molecule has 2 heterocycles. The molecule has 1 saturated heterocycles. The molecular formula is C35H44ClFN4O2. The first-order chi connectivity index (χ1) is 20.5. The maximum absolute atomic E-state index is 14.3. The number of pyridine rings is 1. The Labute approximate surface area is 260 Å². The number of nitrogens with zero attached hydrogens (tertiary/aromatic N) is 4. The minimum Gasteiger partial charge on any atom is -0.460 e. The molecule has 0 amide bonds. The summed E-state index contributed by atoms with van der Waals surface area (Å²) in [6, 6.07) is 17.5. The Kier molecular flexibility index (Phi) is 9.45. The van der Waals surface area contributed by atoms with Crippen LogP contribution in [0.3, 0.4) is 0 Å². The van der Waals surface area contributed by atoms with Crippen molar-refractivity contribution in [3.63, 3.8) is 0 Å². The molecule has 43 heavy (non-hydrogen) atoms. The SMILES string of the molecule is CCN(Cc1ccc(CN2CCN(c3ncccc3COC(=O)C3C(C)(C)C3(C)C)CC2)cc1)Cc1c(F)cccc1Cl. The maximum atomic E-state index is 14.3. The smallest absolute Gasteiger partial charge is 0.310 e. The molecule has 5 rings (SSSR count). The summed E-state index contributed by atoms with van der Waals surface area (Å²) in [6.07, 6.45) is 1.81. The fraction of sp³-hybridized carbons (Fsp3) is 0.486.